The second kappa shape index (κ2) is 8.17. The lowest BCUT2D eigenvalue weighted by atomic mass is 9.41. The average Bonchev–Trinajstić information content (AvgIpc) is 3.52. The van der Waals surface area contributed by atoms with Crippen molar-refractivity contribution in [3.05, 3.63) is 47.5 Å². The molecule has 2 fully saturated rings. The molecular formula is C29H36O7. The first-order chi connectivity index (χ1) is 17.0. The zero-order valence-corrected chi connectivity index (χ0v) is 22.1. The maximum Gasteiger partial charge on any atom is 0.315 e. The molecule has 36 heavy (non-hydrogen) atoms. The number of esters is 2. The maximum absolute atomic E-state index is 13.9. The third-order valence-corrected chi connectivity index (χ3v) is 9.96. The summed E-state index contributed by atoms with van der Waals surface area (Å²) >= 11 is 0. The largest absolute Gasteiger partial charge is 0.472 e. The van der Waals surface area contributed by atoms with Gasteiger partial charge in [-0.05, 0) is 49.5 Å². The highest BCUT2D eigenvalue weighted by Gasteiger charge is 2.74. The van der Waals surface area contributed by atoms with Gasteiger partial charge in [-0.3, -0.25) is 14.4 Å². The van der Waals surface area contributed by atoms with Gasteiger partial charge in [0.25, 0.3) is 0 Å². The zero-order valence-electron chi connectivity index (χ0n) is 22.1. The van der Waals surface area contributed by atoms with Crippen LogP contribution >= 0.6 is 0 Å². The number of carbonyl (C=O) groups is 3. The lowest BCUT2D eigenvalue weighted by Crippen LogP contribution is -2.69. The van der Waals surface area contributed by atoms with Crippen molar-refractivity contribution >= 4 is 17.7 Å². The van der Waals surface area contributed by atoms with Crippen molar-refractivity contribution in [2.24, 2.45) is 28.1 Å². The summed E-state index contributed by atoms with van der Waals surface area (Å²) < 4.78 is 23.5. The number of ketones is 1. The van der Waals surface area contributed by atoms with E-state index in [-0.39, 0.29) is 23.7 Å². The zero-order chi connectivity index (χ0) is 26.2. The minimum absolute atomic E-state index is 0.0522. The monoisotopic (exact) mass is 496 g/mol. The Balaban J connectivity index is 1.74. The van der Waals surface area contributed by atoms with Crippen molar-refractivity contribution in [3.63, 3.8) is 0 Å². The van der Waals surface area contributed by atoms with Gasteiger partial charge in [-0.25, -0.2) is 0 Å². The molecular weight excluding hydrogens is 460 g/mol. The van der Waals surface area contributed by atoms with Crippen molar-refractivity contribution in [1.82, 2.24) is 0 Å². The number of furan rings is 1. The van der Waals surface area contributed by atoms with E-state index in [0.717, 1.165) is 12.0 Å². The van der Waals surface area contributed by atoms with E-state index in [1.165, 1.54) is 31.3 Å². The third-order valence-electron chi connectivity index (χ3n) is 9.96. The Morgan fingerprint density at radius 3 is 2.50 bits per heavy atom. The van der Waals surface area contributed by atoms with Crippen LogP contribution in [0.1, 0.15) is 65.9 Å². The highest BCUT2D eigenvalue weighted by atomic mass is 16.6. The SMILES string of the molecule is CC[C@H]1[C@]2(C)C3=C(C)[C@H](c4ccoc4)C[C@H]3O[C@@H]2[C@H](OC(C)=O)[C@@H]2[C@]1(C)C(=O)C=C[C@@]2(C)C(=O)OC. The smallest absolute Gasteiger partial charge is 0.315 e. The van der Waals surface area contributed by atoms with Crippen LogP contribution in [-0.2, 0) is 28.6 Å². The van der Waals surface area contributed by atoms with Crippen molar-refractivity contribution in [2.75, 3.05) is 7.11 Å². The molecule has 0 unspecified atom stereocenters. The Labute approximate surface area is 212 Å². The lowest BCUT2D eigenvalue weighted by molar-refractivity contribution is -0.225. The molecule has 194 valence electrons. The fourth-order valence-corrected chi connectivity index (χ4v) is 8.74. The van der Waals surface area contributed by atoms with E-state index in [2.05, 4.69) is 20.8 Å². The fraction of sp³-hybridized carbons (Fsp3) is 0.621. The van der Waals surface area contributed by atoms with Crippen molar-refractivity contribution in [1.29, 1.82) is 0 Å². The number of rotatable bonds is 4. The van der Waals surface area contributed by atoms with E-state index in [1.54, 1.807) is 25.5 Å². The molecule has 1 aromatic heterocycles. The number of allylic oxidation sites excluding steroid dienone is 2. The molecule has 0 bridgehead atoms. The van der Waals surface area contributed by atoms with Crippen LogP contribution in [0.2, 0.25) is 0 Å². The van der Waals surface area contributed by atoms with Gasteiger partial charge < -0.3 is 18.6 Å². The molecule has 7 heteroatoms. The minimum atomic E-state index is -1.16. The highest BCUT2D eigenvalue weighted by molar-refractivity contribution is 5.99. The van der Waals surface area contributed by atoms with Gasteiger partial charge in [0.05, 0.1) is 31.2 Å². The van der Waals surface area contributed by atoms with E-state index in [1.807, 2.05) is 13.0 Å². The summed E-state index contributed by atoms with van der Waals surface area (Å²) in [5.74, 6) is -1.58. The number of methoxy groups -OCH3 is 1. The first-order valence-corrected chi connectivity index (χ1v) is 12.8. The van der Waals surface area contributed by atoms with Crippen molar-refractivity contribution < 1.29 is 33.0 Å². The molecule has 0 radical (unpaired) electrons. The summed E-state index contributed by atoms with van der Waals surface area (Å²) in [4.78, 5) is 39.6. The third kappa shape index (κ3) is 2.98. The summed E-state index contributed by atoms with van der Waals surface area (Å²) in [6.07, 6.45) is 6.64. The summed E-state index contributed by atoms with van der Waals surface area (Å²) in [7, 11) is 1.35. The van der Waals surface area contributed by atoms with Gasteiger partial charge in [0.2, 0.25) is 0 Å². The van der Waals surface area contributed by atoms with Gasteiger partial charge >= 0.3 is 11.9 Å². The van der Waals surface area contributed by atoms with Gasteiger partial charge in [-0.15, -0.1) is 0 Å². The molecule has 1 saturated heterocycles. The number of hydrogen-bond donors (Lipinski definition) is 0. The van der Waals surface area contributed by atoms with Crippen LogP contribution in [0.25, 0.3) is 0 Å². The molecule has 0 aromatic carbocycles. The second-order valence-corrected chi connectivity index (χ2v) is 11.5. The average molecular weight is 497 g/mol. The van der Waals surface area contributed by atoms with Crippen LogP contribution < -0.4 is 0 Å². The highest BCUT2D eigenvalue weighted by Crippen LogP contribution is 2.70. The normalized spacial score (nSPS) is 43.1. The lowest BCUT2D eigenvalue weighted by Gasteiger charge is -2.62. The number of hydrogen-bond acceptors (Lipinski definition) is 7. The molecule has 9 atom stereocenters. The van der Waals surface area contributed by atoms with Gasteiger partial charge in [0, 0.05) is 29.6 Å². The van der Waals surface area contributed by atoms with Crippen LogP contribution in [0.4, 0.5) is 0 Å². The van der Waals surface area contributed by atoms with Gasteiger partial charge in [0.1, 0.15) is 12.2 Å². The van der Waals surface area contributed by atoms with E-state index in [9.17, 15) is 14.4 Å². The topological polar surface area (TPSA) is 92.0 Å². The fourth-order valence-electron chi connectivity index (χ4n) is 8.74. The Morgan fingerprint density at radius 2 is 1.92 bits per heavy atom. The Kier molecular flexibility index (Phi) is 5.67. The predicted molar refractivity (Wildman–Crippen MR) is 131 cm³/mol. The number of ether oxygens (including phenoxy) is 3. The second-order valence-electron chi connectivity index (χ2n) is 11.5. The van der Waals surface area contributed by atoms with Gasteiger partial charge in [-0.2, -0.15) is 0 Å². The molecule has 4 aliphatic rings. The summed E-state index contributed by atoms with van der Waals surface area (Å²) in [6.45, 7) is 11.5. The molecule has 5 rings (SSSR count). The summed E-state index contributed by atoms with van der Waals surface area (Å²) in [6, 6.07) is 1.99. The van der Waals surface area contributed by atoms with Gasteiger partial charge in [-0.1, -0.05) is 38.8 Å². The van der Waals surface area contributed by atoms with Crippen LogP contribution in [0.5, 0.6) is 0 Å². The van der Waals surface area contributed by atoms with E-state index in [4.69, 9.17) is 18.6 Å². The van der Waals surface area contributed by atoms with Crippen molar-refractivity contribution in [2.45, 2.75) is 78.6 Å². The van der Waals surface area contributed by atoms with Crippen LogP contribution in [0, 0.1) is 28.1 Å². The first-order valence-electron chi connectivity index (χ1n) is 12.8. The van der Waals surface area contributed by atoms with Crippen molar-refractivity contribution in [3.8, 4) is 0 Å². The molecule has 0 amide bonds. The standard InChI is InChI=1S/C29H36O7/c1-8-20-28(5)21(31)9-11-27(4,26(32)33-7)24(28)23(35-16(3)30)25-29(20,6)22-15(2)18(13-19(22)36-25)17-10-12-34-14-17/h9-12,14,18-20,23-25H,8,13H2,1-7H3/t18-,19-,20-,23-,24+,25-,27-,28+,29-/m1/s1. The molecule has 1 aromatic rings. The molecule has 7 nitrogen and oxygen atoms in total. The molecule has 1 aliphatic heterocycles. The van der Waals surface area contributed by atoms with E-state index < -0.39 is 46.3 Å². The molecule has 0 spiro atoms. The summed E-state index contributed by atoms with van der Waals surface area (Å²) in [5.41, 5.74) is 0.836. The van der Waals surface area contributed by atoms with Crippen LogP contribution in [0.3, 0.4) is 0 Å². The molecule has 0 N–H and O–H groups in total. The molecule has 2 heterocycles. The Hall–Kier alpha value is -2.67. The summed E-state index contributed by atoms with van der Waals surface area (Å²) in [5, 5.41) is 0. The van der Waals surface area contributed by atoms with E-state index in [0.29, 0.717) is 6.42 Å². The Bertz CT molecular complexity index is 1160. The van der Waals surface area contributed by atoms with E-state index >= 15 is 0 Å². The quantitative estimate of drug-likeness (QED) is 0.438. The van der Waals surface area contributed by atoms with Crippen LogP contribution in [-0.4, -0.2) is 43.1 Å². The number of fused-ring (bicyclic) bond motifs is 4. The maximum atomic E-state index is 13.9. The van der Waals surface area contributed by atoms with Crippen LogP contribution in [0.15, 0.2) is 46.3 Å². The Morgan fingerprint density at radius 1 is 1.19 bits per heavy atom. The number of carbonyl (C=O) groups excluding carboxylic acids is 3. The molecule has 1 saturated carbocycles. The minimum Gasteiger partial charge on any atom is -0.472 e. The molecule has 3 aliphatic carbocycles. The van der Waals surface area contributed by atoms with Gasteiger partial charge in [0.15, 0.2) is 5.78 Å². The predicted octanol–water partition coefficient (Wildman–Crippen LogP) is 4.77. The first kappa shape index (κ1) is 25.0.